The van der Waals surface area contributed by atoms with Crippen molar-refractivity contribution in [3.05, 3.63) is 58.6 Å². The monoisotopic (exact) mass is 331 g/mol. The van der Waals surface area contributed by atoms with E-state index in [1.807, 2.05) is 42.5 Å². The predicted octanol–water partition coefficient (Wildman–Crippen LogP) is 3.22. The average Bonchev–Trinajstić information content (AvgIpc) is 2.60. The van der Waals surface area contributed by atoms with E-state index in [2.05, 4.69) is 5.32 Å². The highest BCUT2D eigenvalue weighted by Gasteiger charge is 2.26. The minimum absolute atomic E-state index is 0.00609. The van der Waals surface area contributed by atoms with E-state index in [1.165, 1.54) is 0 Å². The second kappa shape index (κ2) is 6.92. The van der Waals surface area contributed by atoms with Gasteiger partial charge in [0.1, 0.15) is 18.1 Å². The van der Waals surface area contributed by atoms with Crippen LogP contribution in [0.25, 0.3) is 0 Å². The van der Waals surface area contributed by atoms with Crippen LogP contribution in [-0.4, -0.2) is 19.6 Å². The van der Waals surface area contributed by atoms with Gasteiger partial charge in [0.2, 0.25) is 5.91 Å². The van der Waals surface area contributed by atoms with Gasteiger partial charge in [-0.15, -0.1) is 0 Å². The molecule has 1 amide bonds. The molecular weight excluding hydrogens is 314 g/mol. The fourth-order valence-corrected chi connectivity index (χ4v) is 2.73. The van der Waals surface area contributed by atoms with Gasteiger partial charge in [0.05, 0.1) is 13.0 Å². The molecule has 120 valence electrons. The Hall–Kier alpha value is -2.20. The summed E-state index contributed by atoms with van der Waals surface area (Å²) in [5.41, 5.74) is 2.02. The number of amides is 1. The molecule has 0 aromatic heterocycles. The van der Waals surface area contributed by atoms with Crippen LogP contribution in [0.1, 0.15) is 11.1 Å². The molecule has 0 unspecified atom stereocenters. The maximum atomic E-state index is 12.4. The Bertz CT molecular complexity index is 700. The van der Waals surface area contributed by atoms with Gasteiger partial charge in [0.15, 0.2) is 0 Å². The van der Waals surface area contributed by atoms with Crippen LogP contribution in [-0.2, 0) is 17.8 Å². The van der Waals surface area contributed by atoms with Crippen molar-refractivity contribution in [3.63, 3.8) is 0 Å². The summed E-state index contributed by atoms with van der Waals surface area (Å²) >= 11 is 5.85. The van der Waals surface area contributed by atoms with Gasteiger partial charge >= 0.3 is 0 Å². The van der Waals surface area contributed by atoms with Crippen molar-refractivity contribution in [2.75, 3.05) is 13.7 Å². The summed E-state index contributed by atoms with van der Waals surface area (Å²) in [6.45, 7) is 0.878. The maximum Gasteiger partial charge on any atom is 0.227 e. The largest absolute Gasteiger partial charge is 0.497 e. The van der Waals surface area contributed by atoms with E-state index in [1.54, 1.807) is 7.11 Å². The first-order valence-electron chi connectivity index (χ1n) is 7.47. The minimum atomic E-state index is -0.193. The first-order chi connectivity index (χ1) is 11.2. The molecule has 0 aliphatic carbocycles. The Labute approximate surface area is 140 Å². The van der Waals surface area contributed by atoms with Crippen molar-refractivity contribution in [2.45, 2.75) is 13.0 Å². The van der Waals surface area contributed by atoms with Gasteiger partial charge in [0, 0.05) is 11.6 Å². The van der Waals surface area contributed by atoms with Crippen molar-refractivity contribution in [1.29, 1.82) is 0 Å². The van der Waals surface area contributed by atoms with Gasteiger partial charge in [-0.3, -0.25) is 4.79 Å². The van der Waals surface area contributed by atoms with Gasteiger partial charge in [-0.2, -0.15) is 0 Å². The fraction of sp³-hybridized carbons (Fsp3) is 0.278. The number of ether oxygens (including phenoxy) is 2. The Morgan fingerprint density at radius 2 is 2.09 bits per heavy atom. The second-order valence-electron chi connectivity index (χ2n) is 5.53. The molecule has 3 rings (SSSR count). The van der Waals surface area contributed by atoms with Crippen LogP contribution in [0.2, 0.25) is 5.02 Å². The normalized spacial score (nSPS) is 16.2. The highest BCUT2D eigenvalue weighted by Crippen LogP contribution is 2.30. The molecule has 0 bridgehead atoms. The Morgan fingerprint density at radius 3 is 2.83 bits per heavy atom. The molecular formula is C18H18ClNO3. The molecule has 1 aliphatic heterocycles. The van der Waals surface area contributed by atoms with Crippen molar-refractivity contribution < 1.29 is 14.3 Å². The summed E-state index contributed by atoms with van der Waals surface area (Å²) in [7, 11) is 1.63. The van der Waals surface area contributed by atoms with Gasteiger partial charge in [-0.05, 0) is 47.9 Å². The summed E-state index contributed by atoms with van der Waals surface area (Å²) in [6, 6.07) is 13.1. The third-order valence-corrected chi connectivity index (χ3v) is 4.18. The van der Waals surface area contributed by atoms with Crippen LogP contribution < -0.4 is 14.8 Å². The number of hydrogen-bond acceptors (Lipinski definition) is 3. The van der Waals surface area contributed by atoms with E-state index in [0.29, 0.717) is 24.6 Å². The SMILES string of the molecule is COc1ccc2c(c1)C[C@H](C(=O)NCc1ccc(Cl)cc1)CO2. The molecule has 4 nitrogen and oxygen atoms in total. The van der Waals surface area contributed by atoms with Crippen molar-refractivity contribution in [3.8, 4) is 11.5 Å². The number of hydrogen-bond donors (Lipinski definition) is 1. The van der Waals surface area contributed by atoms with Crippen LogP contribution in [0.5, 0.6) is 11.5 Å². The van der Waals surface area contributed by atoms with Crippen LogP contribution in [0.4, 0.5) is 0 Å². The van der Waals surface area contributed by atoms with Crippen LogP contribution in [0.3, 0.4) is 0 Å². The lowest BCUT2D eigenvalue weighted by atomic mass is 9.95. The number of carbonyl (C=O) groups excluding carboxylic acids is 1. The molecule has 0 saturated heterocycles. The van der Waals surface area contributed by atoms with Crippen molar-refractivity contribution in [2.24, 2.45) is 5.92 Å². The number of carbonyl (C=O) groups is 1. The van der Waals surface area contributed by atoms with Gasteiger partial charge in [-0.25, -0.2) is 0 Å². The Kier molecular flexibility index (Phi) is 4.72. The molecule has 0 fully saturated rings. The zero-order valence-electron chi connectivity index (χ0n) is 12.8. The van der Waals surface area contributed by atoms with Crippen LogP contribution >= 0.6 is 11.6 Å². The van der Waals surface area contributed by atoms with Gasteiger partial charge in [-0.1, -0.05) is 23.7 Å². The molecule has 23 heavy (non-hydrogen) atoms. The molecule has 1 heterocycles. The van der Waals surface area contributed by atoms with E-state index >= 15 is 0 Å². The van der Waals surface area contributed by atoms with E-state index in [4.69, 9.17) is 21.1 Å². The summed E-state index contributed by atoms with van der Waals surface area (Å²) in [4.78, 5) is 12.4. The number of benzene rings is 2. The summed E-state index contributed by atoms with van der Waals surface area (Å²) < 4.78 is 10.9. The Balaban J connectivity index is 1.61. The number of methoxy groups -OCH3 is 1. The number of halogens is 1. The van der Waals surface area contributed by atoms with E-state index in [-0.39, 0.29) is 11.8 Å². The zero-order chi connectivity index (χ0) is 16.2. The quantitative estimate of drug-likeness (QED) is 0.935. The zero-order valence-corrected chi connectivity index (χ0v) is 13.6. The third-order valence-electron chi connectivity index (χ3n) is 3.92. The molecule has 2 aromatic rings. The lowest BCUT2D eigenvalue weighted by molar-refractivity contribution is -0.126. The highest BCUT2D eigenvalue weighted by atomic mass is 35.5. The van der Waals surface area contributed by atoms with Crippen molar-refractivity contribution in [1.82, 2.24) is 5.32 Å². The second-order valence-corrected chi connectivity index (χ2v) is 5.97. The first kappa shape index (κ1) is 15.7. The minimum Gasteiger partial charge on any atom is -0.497 e. The average molecular weight is 332 g/mol. The Morgan fingerprint density at radius 1 is 1.30 bits per heavy atom. The molecule has 1 aliphatic rings. The number of rotatable bonds is 4. The third kappa shape index (κ3) is 3.77. The van der Waals surface area contributed by atoms with E-state index < -0.39 is 0 Å². The molecule has 1 atom stereocenters. The molecule has 5 heteroatoms. The first-order valence-corrected chi connectivity index (χ1v) is 7.85. The maximum absolute atomic E-state index is 12.4. The number of fused-ring (bicyclic) bond motifs is 1. The van der Waals surface area contributed by atoms with Crippen LogP contribution in [0, 0.1) is 5.92 Å². The topological polar surface area (TPSA) is 47.6 Å². The molecule has 1 N–H and O–H groups in total. The molecule has 2 aromatic carbocycles. The lowest BCUT2D eigenvalue weighted by Gasteiger charge is -2.25. The van der Waals surface area contributed by atoms with Crippen molar-refractivity contribution >= 4 is 17.5 Å². The highest BCUT2D eigenvalue weighted by molar-refractivity contribution is 6.30. The summed E-state index contributed by atoms with van der Waals surface area (Å²) in [5, 5.41) is 3.64. The predicted molar refractivity (Wildman–Crippen MR) is 89.0 cm³/mol. The summed E-state index contributed by atoms with van der Waals surface area (Å²) in [6.07, 6.45) is 0.652. The fourth-order valence-electron chi connectivity index (χ4n) is 2.60. The number of nitrogens with one attached hydrogen (secondary N) is 1. The van der Waals surface area contributed by atoms with Crippen LogP contribution in [0.15, 0.2) is 42.5 Å². The summed E-state index contributed by atoms with van der Waals surface area (Å²) in [5.74, 6) is 1.40. The van der Waals surface area contributed by atoms with E-state index in [0.717, 1.165) is 22.6 Å². The van der Waals surface area contributed by atoms with Gasteiger partial charge in [0.25, 0.3) is 0 Å². The molecule has 0 saturated carbocycles. The van der Waals surface area contributed by atoms with E-state index in [9.17, 15) is 4.79 Å². The van der Waals surface area contributed by atoms with Gasteiger partial charge < -0.3 is 14.8 Å². The molecule has 0 spiro atoms. The standard InChI is InChI=1S/C18H18ClNO3/c1-22-16-6-7-17-13(9-16)8-14(11-23-17)18(21)20-10-12-2-4-15(19)5-3-12/h2-7,9,14H,8,10-11H2,1H3,(H,20,21)/t14-/m0/s1. The lowest BCUT2D eigenvalue weighted by Crippen LogP contribution is -2.37. The molecule has 0 radical (unpaired) electrons. The smallest absolute Gasteiger partial charge is 0.227 e.